The van der Waals surface area contributed by atoms with Gasteiger partial charge in [0, 0.05) is 16.0 Å². The van der Waals surface area contributed by atoms with Crippen molar-refractivity contribution >= 4 is 56.6 Å². The SMILES string of the molecule is CCCc1cc2ccccc2c(-c2cc(P(=O)(OCC)OCC)c(-c3c4ccccc4cc4cc(C)ccc34)s2)c1C. The van der Waals surface area contributed by atoms with Crippen LogP contribution in [-0.4, -0.2) is 13.2 Å². The highest BCUT2D eigenvalue weighted by molar-refractivity contribution is 7.63. The van der Waals surface area contributed by atoms with Crippen molar-refractivity contribution in [1.82, 2.24) is 0 Å². The highest BCUT2D eigenvalue weighted by Gasteiger charge is 2.34. The lowest BCUT2D eigenvalue weighted by atomic mass is 9.92. The minimum absolute atomic E-state index is 0.297. The summed E-state index contributed by atoms with van der Waals surface area (Å²) in [6.07, 6.45) is 2.09. The third-order valence-corrected chi connectivity index (χ3v) is 11.5. The van der Waals surface area contributed by atoms with Gasteiger partial charge in [-0.1, -0.05) is 91.7 Å². The predicted octanol–water partition coefficient (Wildman–Crippen LogP) is 11.0. The van der Waals surface area contributed by atoms with Gasteiger partial charge < -0.3 is 9.05 Å². The van der Waals surface area contributed by atoms with E-state index < -0.39 is 7.60 Å². The van der Waals surface area contributed by atoms with Gasteiger partial charge in [-0.3, -0.25) is 4.57 Å². The van der Waals surface area contributed by atoms with E-state index in [4.69, 9.17) is 9.05 Å². The third kappa shape index (κ3) is 5.01. The maximum atomic E-state index is 14.7. The molecule has 0 aliphatic rings. The summed E-state index contributed by atoms with van der Waals surface area (Å²) in [5.41, 5.74) is 6.12. The van der Waals surface area contributed by atoms with Gasteiger partial charge in [-0.05, 0) is 89.7 Å². The van der Waals surface area contributed by atoms with Crippen LogP contribution >= 0.6 is 18.9 Å². The Kier molecular flexibility index (Phi) is 8.09. The Hall–Kier alpha value is -3.27. The molecule has 0 N–H and O–H groups in total. The standard InChI is InChI=1S/C37H37O3PS/c1-6-13-26-21-27-14-9-11-16-30(27)35(25(26)5)34-23-33(41(38,39-7-2)40-8-3)37(42-34)36-31-17-12-10-15-28(31)22-29-20-24(4)18-19-32(29)36/h9-12,14-23H,6-8,13H2,1-5H3. The minimum atomic E-state index is -3.63. The molecule has 0 atom stereocenters. The lowest BCUT2D eigenvalue weighted by Gasteiger charge is -2.19. The molecule has 0 saturated heterocycles. The molecule has 0 aliphatic heterocycles. The Morgan fingerprint density at radius 3 is 1.98 bits per heavy atom. The molecule has 6 rings (SSSR count). The smallest absolute Gasteiger partial charge is 0.305 e. The van der Waals surface area contributed by atoms with Crippen LogP contribution in [0.1, 0.15) is 43.9 Å². The molecule has 1 aromatic heterocycles. The molecule has 5 aromatic carbocycles. The monoisotopic (exact) mass is 592 g/mol. The highest BCUT2D eigenvalue weighted by atomic mass is 32.1. The quantitative estimate of drug-likeness (QED) is 0.124. The van der Waals surface area contributed by atoms with Gasteiger partial charge in [0.25, 0.3) is 0 Å². The van der Waals surface area contributed by atoms with Crippen LogP contribution in [-0.2, 0) is 20.0 Å². The number of hydrogen-bond acceptors (Lipinski definition) is 4. The molecule has 0 fully saturated rings. The maximum Gasteiger partial charge on any atom is 0.362 e. The maximum absolute atomic E-state index is 14.7. The van der Waals surface area contributed by atoms with Gasteiger partial charge in [-0.15, -0.1) is 11.3 Å². The molecule has 6 aromatic rings. The fourth-order valence-corrected chi connectivity index (χ4v) is 9.68. The second-order valence-corrected chi connectivity index (χ2v) is 13.9. The normalized spacial score (nSPS) is 12.1. The largest absolute Gasteiger partial charge is 0.362 e. The molecule has 5 heteroatoms. The van der Waals surface area contributed by atoms with Crippen LogP contribution in [0.2, 0.25) is 0 Å². The first kappa shape index (κ1) is 28.8. The zero-order valence-electron chi connectivity index (χ0n) is 25.0. The number of aryl methyl sites for hydroxylation is 2. The zero-order chi connectivity index (χ0) is 29.4. The fourth-order valence-electron chi connectivity index (χ4n) is 6.20. The number of rotatable bonds is 9. The van der Waals surface area contributed by atoms with E-state index >= 15 is 0 Å². The van der Waals surface area contributed by atoms with Gasteiger partial charge >= 0.3 is 7.60 Å². The van der Waals surface area contributed by atoms with Crippen molar-refractivity contribution in [3.8, 4) is 20.9 Å². The topological polar surface area (TPSA) is 35.5 Å². The van der Waals surface area contributed by atoms with Crippen LogP contribution in [0.25, 0.3) is 53.2 Å². The van der Waals surface area contributed by atoms with Gasteiger partial charge in [0.2, 0.25) is 0 Å². The highest BCUT2D eigenvalue weighted by Crippen LogP contribution is 2.54. The van der Waals surface area contributed by atoms with Crippen LogP contribution in [0, 0.1) is 13.8 Å². The number of hydrogen-bond donors (Lipinski definition) is 0. The molecule has 0 unspecified atom stereocenters. The summed E-state index contributed by atoms with van der Waals surface area (Å²) >= 11 is 1.70. The van der Waals surface area contributed by atoms with Gasteiger partial charge in [0.05, 0.1) is 23.4 Å². The molecule has 0 saturated carbocycles. The van der Waals surface area contributed by atoms with Gasteiger partial charge in [0.15, 0.2) is 0 Å². The van der Waals surface area contributed by atoms with Crippen LogP contribution in [0.3, 0.4) is 0 Å². The minimum Gasteiger partial charge on any atom is -0.305 e. The Labute approximate surface area is 252 Å². The summed E-state index contributed by atoms with van der Waals surface area (Å²) < 4.78 is 26.7. The summed E-state index contributed by atoms with van der Waals surface area (Å²) in [6.45, 7) is 10.9. The van der Waals surface area contributed by atoms with Crippen molar-refractivity contribution in [3.63, 3.8) is 0 Å². The first-order valence-electron chi connectivity index (χ1n) is 14.9. The third-order valence-electron chi connectivity index (χ3n) is 8.03. The molecule has 3 nitrogen and oxygen atoms in total. The summed E-state index contributed by atoms with van der Waals surface area (Å²) in [5, 5.41) is 7.66. The summed E-state index contributed by atoms with van der Waals surface area (Å²) in [4.78, 5) is 2.03. The Morgan fingerprint density at radius 1 is 0.690 bits per heavy atom. The fraction of sp³-hybridized carbons (Fsp3) is 0.243. The van der Waals surface area contributed by atoms with Crippen molar-refractivity contribution in [2.24, 2.45) is 0 Å². The number of thiophene rings is 1. The van der Waals surface area contributed by atoms with Crippen molar-refractivity contribution in [2.45, 2.75) is 47.5 Å². The van der Waals surface area contributed by atoms with E-state index in [0.717, 1.165) is 44.3 Å². The van der Waals surface area contributed by atoms with Crippen molar-refractivity contribution < 1.29 is 13.6 Å². The van der Waals surface area contributed by atoms with Crippen LogP contribution in [0.15, 0.2) is 84.9 Å². The van der Waals surface area contributed by atoms with E-state index in [1.807, 2.05) is 13.8 Å². The van der Waals surface area contributed by atoms with Gasteiger partial charge in [0.1, 0.15) is 0 Å². The lowest BCUT2D eigenvalue weighted by Crippen LogP contribution is -2.11. The molecule has 42 heavy (non-hydrogen) atoms. The van der Waals surface area contributed by atoms with E-state index in [1.165, 1.54) is 38.4 Å². The van der Waals surface area contributed by atoms with Crippen molar-refractivity contribution in [1.29, 1.82) is 0 Å². The van der Waals surface area contributed by atoms with Crippen molar-refractivity contribution in [3.05, 3.63) is 102 Å². The molecule has 0 spiro atoms. The molecule has 1 heterocycles. The first-order valence-corrected chi connectivity index (χ1v) is 17.2. The molecule has 214 valence electrons. The van der Waals surface area contributed by atoms with E-state index in [1.54, 1.807) is 11.3 Å². The Bertz CT molecular complexity index is 1980. The van der Waals surface area contributed by atoms with E-state index in [2.05, 4.69) is 106 Å². The molecule has 0 bridgehead atoms. The summed E-state index contributed by atoms with van der Waals surface area (Å²) in [5.74, 6) is 0. The average Bonchev–Trinajstić information content (AvgIpc) is 3.42. The van der Waals surface area contributed by atoms with Crippen LogP contribution < -0.4 is 5.30 Å². The average molecular weight is 593 g/mol. The first-order chi connectivity index (χ1) is 20.4. The van der Waals surface area contributed by atoms with E-state index in [9.17, 15) is 4.57 Å². The zero-order valence-corrected chi connectivity index (χ0v) is 26.7. The lowest BCUT2D eigenvalue weighted by molar-refractivity contribution is 0.230. The molecule has 0 aliphatic carbocycles. The molecular formula is C37H37O3PS. The van der Waals surface area contributed by atoms with Gasteiger partial charge in [-0.25, -0.2) is 0 Å². The number of benzene rings is 5. The summed E-state index contributed by atoms with van der Waals surface area (Å²) in [7, 11) is -3.63. The molecule has 0 radical (unpaired) electrons. The van der Waals surface area contributed by atoms with E-state index in [0.29, 0.717) is 18.5 Å². The van der Waals surface area contributed by atoms with Crippen LogP contribution in [0.4, 0.5) is 0 Å². The van der Waals surface area contributed by atoms with Crippen LogP contribution in [0.5, 0.6) is 0 Å². The van der Waals surface area contributed by atoms with E-state index in [-0.39, 0.29) is 0 Å². The number of fused-ring (bicyclic) bond motifs is 3. The predicted molar refractivity (Wildman–Crippen MR) is 182 cm³/mol. The molecule has 0 amide bonds. The molecular weight excluding hydrogens is 555 g/mol. The van der Waals surface area contributed by atoms with Gasteiger partial charge in [-0.2, -0.15) is 0 Å². The Morgan fingerprint density at radius 2 is 1.31 bits per heavy atom. The summed E-state index contributed by atoms with van der Waals surface area (Å²) in [6, 6.07) is 30.4. The van der Waals surface area contributed by atoms with Crippen molar-refractivity contribution in [2.75, 3.05) is 13.2 Å². The second-order valence-electron chi connectivity index (χ2n) is 10.9. The Balaban J connectivity index is 1.76. The second kappa shape index (κ2) is 11.8.